The van der Waals surface area contributed by atoms with Crippen LogP contribution in [0.25, 0.3) is 0 Å². The second-order valence-electron chi connectivity index (χ2n) is 4.15. The molecule has 0 spiro atoms. The zero-order valence-electron chi connectivity index (χ0n) is 10.1. The predicted molar refractivity (Wildman–Crippen MR) is 67.2 cm³/mol. The maximum absolute atomic E-state index is 13.6. The molecule has 2 aromatic rings. The Morgan fingerprint density at radius 3 is 2.56 bits per heavy atom. The molecular formula is C14H14F2N2. The molecule has 1 aromatic heterocycles. The van der Waals surface area contributed by atoms with E-state index < -0.39 is 11.6 Å². The van der Waals surface area contributed by atoms with Gasteiger partial charge < -0.3 is 5.73 Å². The fourth-order valence-electron chi connectivity index (χ4n) is 1.70. The van der Waals surface area contributed by atoms with Gasteiger partial charge in [-0.25, -0.2) is 8.78 Å². The molecule has 0 aliphatic rings. The SMILES string of the molecule is CCc1ccc(Cc2cc(F)c(N)cc2F)nc1. The maximum Gasteiger partial charge on any atom is 0.146 e. The molecule has 2 nitrogen and oxygen atoms in total. The smallest absolute Gasteiger partial charge is 0.146 e. The van der Waals surface area contributed by atoms with E-state index in [1.54, 1.807) is 6.20 Å². The first-order chi connectivity index (χ1) is 8.60. The van der Waals surface area contributed by atoms with Crippen LogP contribution in [0.1, 0.15) is 23.7 Å². The molecule has 0 aliphatic carbocycles. The van der Waals surface area contributed by atoms with Gasteiger partial charge in [-0.15, -0.1) is 0 Å². The van der Waals surface area contributed by atoms with Gasteiger partial charge in [0.1, 0.15) is 11.6 Å². The largest absolute Gasteiger partial charge is 0.396 e. The summed E-state index contributed by atoms with van der Waals surface area (Å²) in [7, 11) is 0. The molecule has 0 amide bonds. The topological polar surface area (TPSA) is 38.9 Å². The van der Waals surface area contributed by atoms with Crippen LogP contribution in [0.15, 0.2) is 30.5 Å². The molecule has 0 aliphatic heterocycles. The summed E-state index contributed by atoms with van der Waals surface area (Å²) in [6, 6.07) is 5.89. The van der Waals surface area contributed by atoms with E-state index in [4.69, 9.17) is 5.73 Å². The van der Waals surface area contributed by atoms with Gasteiger partial charge in [-0.3, -0.25) is 4.98 Å². The molecule has 0 saturated carbocycles. The van der Waals surface area contributed by atoms with Crippen molar-refractivity contribution >= 4 is 5.69 Å². The molecule has 4 heteroatoms. The number of benzene rings is 1. The lowest BCUT2D eigenvalue weighted by Crippen LogP contribution is -2.00. The second-order valence-corrected chi connectivity index (χ2v) is 4.15. The molecule has 0 saturated heterocycles. The lowest BCUT2D eigenvalue weighted by atomic mass is 10.1. The molecule has 2 N–H and O–H groups in total. The lowest BCUT2D eigenvalue weighted by molar-refractivity contribution is 0.591. The highest BCUT2D eigenvalue weighted by molar-refractivity contribution is 5.43. The van der Waals surface area contributed by atoms with Crippen molar-refractivity contribution in [3.05, 3.63) is 58.9 Å². The average molecular weight is 248 g/mol. The van der Waals surface area contributed by atoms with Gasteiger partial charge in [-0.1, -0.05) is 13.0 Å². The van der Waals surface area contributed by atoms with Crippen molar-refractivity contribution in [3.63, 3.8) is 0 Å². The Balaban J connectivity index is 2.25. The highest BCUT2D eigenvalue weighted by Crippen LogP contribution is 2.19. The number of nitrogens with two attached hydrogens (primary N) is 1. The fraction of sp³-hybridized carbons (Fsp3) is 0.214. The van der Waals surface area contributed by atoms with E-state index in [2.05, 4.69) is 4.98 Å². The van der Waals surface area contributed by atoms with E-state index in [0.717, 1.165) is 24.1 Å². The third-order valence-electron chi connectivity index (χ3n) is 2.83. The van der Waals surface area contributed by atoms with Crippen LogP contribution in [0, 0.1) is 11.6 Å². The first-order valence-corrected chi connectivity index (χ1v) is 5.77. The Morgan fingerprint density at radius 1 is 1.17 bits per heavy atom. The van der Waals surface area contributed by atoms with Crippen molar-refractivity contribution in [1.82, 2.24) is 4.98 Å². The van der Waals surface area contributed by atoms with E-state index in [0.29, 0.717) is 5.69 Å². The molecule has 1 heterocycles. The number of nitrogen functional groups attached to an aromatic ring is 1. The number of hydrogen-bond donors (Lipinski definition) is 1. The Bertz CT molecular complexity index is 550. The number of halogens is 2. The van der Waals surface area contributed by atoms with Crippen molar-refractivity contribution in [2.45, 2.75) is 19.8 Å². The van der Waals surface area contributed by atoms with Crippen molar-refractivity contribution in [2.24, 2.45) is 0 Å². The molecule has 0 unspecified atom stereocenters. The van der Waals surface area contributed by atoms with Crippen molar-refractivity contribution in [2.75, 3.05) is 5.73 Å². The van der Waals surface area contributed by atoms with E-state index in [1.807, 2.05) is 19.1 Å². The van der Waals surface area contributed by atoms with Crippen LogP contribution >= 0.6 is 0 Å². The van der Waals surface area contributed by atoms with Crippen LogP contribution in [-0.4, -0.2) is 4.98 Å². The Kier molecular flexibility index (Phi) is 3.55. The number of anilines is 1. The highest BCUT2D eigenvalue weighted by Gasteiger charge is 2.09. The molecule has 0 atom stereocenters. The molecule has 0 radical (unpaired) electrons. The second kappa shape index (κ2) is 5.12. The number of aromatic nitrogens is 1. The van der Waals surface area contributed by atoms with Crippen molar-refractivity contribution in [1.29, 1.82) is 0 Å². The molecule has 1 aromatic carbocycles. The summed E-state index contributed by atoms with van der Waals surface area (Å²) in [5.74, 6) is -1.10. The number of pyridine rings is 1. The van der Waals surface area contributed by atoms with Crippen LogP contribution in [0.3, 0.4) is 0 Å². The molecule has 2 rings (SSSR count). The monoisotopic (exact) mass is 248 g/mol. The predicted octanol–water partition coefficient (Wildman–Crippen LogP) is 3.10. The number of aryl methyl sites for hydroxylation is 1. The zero-order valence-corrected chi connectivity index (χ0v) is 10.1. The minimum absolute atomic E-state index is 0.175. The Hall–Kier alpha value is -1.97. The van der Waals surface area contributed by atoms with Crippen LogP contribution in [0.2, 0.25) is 0 Å². The zero-order chi connectivity index (χ0) is 13.1. The van der Waals surface area contributed by atoms with E-state index in [-0.39, 0.29) is 17.7 Å². The van der Waals surface area contributed by atoms with Gasteiger partial charge in [0.25, 0.3) is 0 Å². The van der Waals surface area contributed by atoms with Gasteiger partial charge in [-0.2, -0.15) is 0 Å². The summed E-state index contributed by atoms with van der Waals surface area (Å²) in [4.78, 5) is 4.22. The number of hydrogen-bond acceptors (Lipinski definition) is 2. The van der Waals surface area contributed by atoms with Gasteiger partial charge in [0.2, 0.25) is 0 Å². The van der Waals surface area contributed by atoms with Gasteiger partial charge in [-0.05, 0) is 29.7 Å². The van der Waals surface area contributed by atoms with Gasteiger partial charge in [0, 0.05) is 24.4 Å². The maximum atomic E-state index is 13.6. The normalized spacial score (nSPS) is 10.6. The minimum atomic E-state index is -0.600. The van der Waals surface area contributed by atoms with Gasteiger partial charge in [0.15, 0.2) is 0 Å². The van der Waals surface area contributed by atoms with E-state index in [9.17, 15) is 8.78 Å². The van der Waals surface area contributed by atoms with Gasteiger partial charge >= 0.3 is 0 Å². The van der Waals surface area contributed by atoms with Crippen LogP contribution < -0.4 is 5.73 Å². The fourth-order valence-corrected chi connectivity index (χ4v) is 1.70. The first kappa shape index (κ1) is 12.5. The summed E-state index contributed by atoms with van der Waals surface area (Å²) in [5, 5.41) is 0. The summed E-state index contributed by atoms with van der Waals surface area (Å²) in [6.45, 7) is 2.03. The molecular weight excluding hydrogens is 234 g/mol. The summed E-state index contributed by atoms with van der Waals surface area (Å²) in [5.41, 5.74) is 7.19. The van der Waals surface area contributed by atoms with Crippen molar-refractivity contribution in [3.8, 4) is 0 Å². The van der Waals surface area contributed by atoms with Crippen LogP contribution in [0.4, 0.5) is 14.5 Å². The average Bonchev–Trinajstić information content (AvgIpc) is 2.37. The standard InChI is InChI=1S/C14H14F2N2/c1-2-9-3-4-11(18-8-9)5-10-6-13(16)14(17)7-12(10)15/h3-4,6-8H,2,5,17H2,1H3. The van der Waals surface area contributed by atoms with E-state index in [1.165, 1.54) is 0 Å². The van der Waals surface area contributed by atoms with Crippen molar-refractivity contribution < 1.29 is 8.78 Å². The lowest BCUT2D eigenvalue weighted by Gasteiger charge is -2.06. The summed E-state index contributed by atoms with van der Waals surface area (Å²) in [6.07, 6.45) is 2.91. The Labute approximate surface area is 104 Å². The van der Waals surface area contributed by atoms with Crippen LogP contribution in [-0.2, 0) is 12.8 Å². The molecule has 0 bridgehead atoms. The molecule has 0 fully saturated rings. The quantitative estimate of drug-likeness (QED) is 0.848. The molecule has 94 valence electrons. The highest BCUT2D eigenvalue weighted by atomic mass is 19.1. The van der Waals surface area contributed by atoms with E-state index >= 15 is 0 Å². The number of rotatable bonds is 3. The third-order valence-corrected chi connectivity index (χ3v) is 2.83. The number of nitrogens with zero attached hydrogens (tertiary/aromatic N) is 1. The Morgan fingerprint density at radius 2 is 1.94 bits per heavy atom. The summed E-state index contributed by atoms with van der Waals surface area (Å²) < 4.78 is 26.9. The molecule has 18 heavy (non-hydrogen) atoms. The minimum Gasteiger partial charge on any atom is -0.396 e. The van der Waals surface area contributed by atoms with Gasteiger partial charge in [0.05, 0.1) is 5.69 Å². The van der Waals surface area contributed by atoms with Crippen LogP contribution in [0.5, 0.6) is 0 Å². The third kappa shape index (κ3) is 2.64. The first-order valence-electron chi connectivity index (χ1n) is 5.77. The summed E-state index contributed by atoms with van der Waals surface area (Å²) >= 11 is 0.